The molecule has 0 saturated heterocycles. The van der Waals surface area contributed by atoms with E-state index in [0.29, 0.717) is 5.82 Å². The van der Waals surface area contributed by atoms with Gasteiger partial charge in [-0.15, -0.1) is 0 Å². The summed E-state index contributed by atoms with van der Waals surface area (Å²) in [5.74, 6) is 0.701. The molecule has 0 bridgehead atoms. The lowest BCUT2D eigenvalue weighted by Gasteiger charge is -2.12. The van der Waals surface area contributed by atoms with Crippen molar-refractivity contribution >= 4 is 43.5 Å². The highest BCUT2D eigenvalue weighted by molar-refractivity contribution is 6.05. The Hall–Kier alpha value is -6.26. The fourth-order valence-corrected chi connectivity index (χ4v) is 6.35. The van der Waals surface area contributed by atoms with Crippen LogP contribution in [-0.2, 0) is 0 Å². The van der Waals surface area contributed by atoms with Gasteiger partial charge < -0.3 is 0 Å². The van der Waals surface area contributed by atoms with E-state index in [9.17, 15) is 0 Å². The molecule has 0 saturated carbocycles. The average molecular weight is 587 g/mol. The summed E-state index contributed by atoms with van der Waals surface area (Å²) in [7, 11) is 0. The van der Waals surface area contributed by atoms with Gasteiger partial charge in [0.05, 0.1) is 33.6 Å². The summed E-state index contributed by atoms with van der Waals surface area (Å²) in [6.07, 6.45) is 0. The van der Waals surface area contributed by atoms with Crippen LogP contribution in [0.2, 0.25) is 0 Å². The number of benzene rings is 6. The zero-order valence-electron chi connectivity index (χ0n) is 24.8. The summed E-state index contributed by atoms with van der Waals surface area (Å²) in [6, 6.07) is 54.4. The van der Waals surface area contributed by atoms with Gasteiger partial charge >= 0.3 is 0 Å². The van der Waals surface area contributed by atoms with Gasteiger partial charge in [0.1, 0.15) is 0 Å². The van der Waals surface area contributed by atoms with E-state index in [1.54, 1.807) is 0 Å². The summed E-state index contributed by atoms with van der Waals surface area (Å²) in [5.41, 5.74) is 9.53. The zero-order valence-corrected chi connectivity index (χ0v) is 24.8. The molecule has 0 aliphatic carbocycles. The number of fused-ring (bicyclic) bond motifs is 5. The van der Waals surface area contributed by atoms with E-state index in [1.807, 2.05) is 36.4 Å². The van der Waals surface area contributed by atoms with Gasteiger partial charge in [-0.3, -0.25) is 0 Å². The second-order valence-electron chi connectivity index (χ2n) is 11.5. The van der Waals surface area contributed by atoms with Gasteiger partial charge in [-0.05, 0) is 35.0 Å². The monoisotopic (exact) mass is 586 g/mol. The normalized spacial score (nSPS) is 11.5. The van der Waals surface area contributed by atoms with Crippen molar-refractivity contribution in [2.45, 2.75) is 0 Å². The highest BCUT2D eigenvalue weighted by atomic mass is 14.9. The van der Waals surface area contributed by atoms with Crippen molar-refractivity contribution in [3.63, 3.8) is 0 Å². The van der Waals surface area contributed by atoms with E-state index in [2.05, 4.69) is 121 Å². The van der Waals surface area contributed by atoms with Gasteiger partial charge in [0.2, 0.25) is 0 Å². The van der Waals surface area contributed by atoms with Crippen LogP contribution in [0.25, 0.3) is 88.6 Å². The molecule has 0 spiro atoms. The van der Waals surface area contributed by atoms with E-state index in [4.69, 9.17) is 19.9 Å². The van der Waals surface area contributed by atoms with Crippen LogP contribution in [0.4, 0.5) is 0 Å². The third-order valence-electron chi connectivity index (χ3n) is 8.66. The third-order valence-corrected chi connectivity index (χ3v) is 8.66. The van der Waals surface area contributed by atoms with Gasteiger partial charge in [0, 0.05) is 38.4 Å². The van der Waals surface area contributed by atoms with E-state index < -0.39 is 0 Å². The minimum Gasteiger partial charge on any atom is -0.245 e. The summed E-state index contributed by atoms with van der Waals surface area (Å²) in [5, 5.41) is 5.51. The Bertz CT molecular complexity index is 2570. The van der Waals surface area contributed by atoms with Crippen LogP contribution in [0.3, 0.4) is 0 Å². The molecule has 3 aromatic heterocycles. The average Bonchev–Trinajstić information content (AvgIpc) is 3.14. The molecule has 0 aliphatic rings. The van der Waals surface area contributed by atoms with Gasteiger partial charge in [-0.2, -0.15) is 0 Å². The first kappa shape index (κ1) is 26.2. The maximum Gasteiger partial charge on any atom is 0.160 e. The van der Waals surface area contributed by atoms with Crippen LogP contribution in [0, 0.1) is 0 Å². The smallest absolute Gasteiger partial charge is 0.160 e. The number of pyridine rings is 2. The lowest BCUT2D eigenvalue weighted by Crippen LogP contribution is -1.96. The van der Waals surface area contributed by atoms with Crippen molar-refractivity contribution in [1.82, 2.24) is 19.9 Å². The molecular weight excluding hydrogens is 560 g/mol. The highest BCUT2D eigenvalue weighted by Crippen LogP contribution is 2.34. The first-order valence-electron chi connectivity index (χ1n) is 15.4. The minimum atomic E-state index is 0.701. The molecule has 4 heteroatoms. The fraction of sp³-hybridized carbons (Fsp3) is 0. The Balaban J connectivity index is 1.22. The maximum absolute atomic E-state index is 5.23. The van der Waals surface area contributed by atoms with Crippen molar-refractivity contribution < 1.29 is 0 Å². The summed E-state index contributed by atoms with van der Waals surface area (Å²) in [4.78, 5) is 20.5. The molecule has 0 fully saturated rings. The topological polar surface area (TPSA) is 51.6 Å². The van der Waals surface area contributed by atoms with Crippen molar-refractivity contribution in [2.75, 3.05) is 0 Å². The van der Waals surface area contributed by atoms with E-state index in [0.717, 1.165) is 72.0 Å². The molecule has 0 atom stereocenters. The summed E-state index contributed by atoms with van der Waals surface area (Å²) in [6.45, 7) is 0. The Morgan fingerprint density at radius 2 is 0.978 bits per heavy atom. The van der Waals surface area contributed by atoms with E-state index in [1.165, 1.54) is 10.8 Å². The molecule has 214 valence electrons. The summed E-state index contributed by atoms with van der Waals surface area (Å²) < 4.78 is 0. The van der Waals surface area contributed by atoms with Gasteiger partial charge in [-0.1, -0.05) is 133 Å². The molecule has 0 unspecified atom stereocenters. The molecule has 0 N–H and O–H groups in total. The van der Waals surface area contributed by atoms with Crippen molar-refractivity contribution in [3.8, 4) is 45.2 Å². The highest BCUT2D eigenvalue weighted by Gasteiger charge is 2.14. The molecule has 46 heavy (non-hydrogen) atoms. The lowest BCUT2D eigenvalue weighted by molar-refractivity contribution is 1.23. The maximum atomic E-state index is 5.23. The molecule has 6 aromatic carbocycles. The van der Waals surface area contributed by atoms with Crippen LogP contribution in [0.5, 0.6) is 0 Å². The Labute approximate surface area is 265 Å². The summed E-state index contributed by atoms with van der Waals surface area (Å²) >= 11 is 0. The van der Waals surface area contributed by atoms with E-state index >= 15 is 0 Å². The molecule has 9 rings (SSSR count). The molecule has 3 heterocycles. The molecule has 0 radical (unpaired) electrons. The SMILES string of the molecule is c1ccc(-c2nc(-c3ccccc3)c3ccc(-c4ccc5ccc6ccc(-c7cccc8ccccc78)nc6c5n4)cc3n2)cc1. The minimum absolute atomic E-state index is 0.701. The quantitative estimate of drug-likeness (QED) is 0.193. The zero-order chi connectivity index (χ0) is 30.5. The predicted octanol–water partition coefficient (Wildman–Crippen LogP) is 10.5. The first-order valence-corrected chi connectivity index (χ1v) is 15.4. The molecule has 4 nitrogen and oxygen atoms in total. The first-order chi connectivity index (χ1) is 22.8. The number of aromatic nitrogens is 4. The van der Waals surface area contributed by atoms with Gasteiger partial charge in [-0.25, -0.2) is 19.9 Å². The van der Waals surface area contributed by atoms with Crippen LogP contribution >= 0.6 is 0 Å². The fourth-order valence-electron chi connectivity index (χ4n) is 6.35. The Morgan fingerprint density at radius 1 is 0.348 bits per heavy atom. The number of rotatable bonds is 4. The number of hydrogen-bond donors (Lipinski definition) is 0. The van der Waals surface area contributed by atoms with Gasteiger partial charge in [0.25, 0.3) is 0 Å². The Kier molecular flexibility index (Phi) is 6.10. The van der Waals surface area contributed by atoms with Crippen molar-refractivity contribution in [1.29, 1.82) is 0 Å². The standard InChI is InChI=1S/C42H26N4/c1-3-11-28(12-4-1)39-35-23-20-32(26-38(35)45-42(46-39)31-13-5-2-6-14-31)36-24-21-29-18-19-30-22-25-37(44-41(30)40(29)43-36)34-17-9-15-27-10-7-8-16-33(27)34/h1-26H. The predicted molar refractivity (Wildman–Crippen MR) is 189 cm³/mol. The Morgan fingerprint density at radius 3 is 1.76 bits per heavy atom. The molecule has 9 aromatic rings. The van der Waals surface area contributed by atoms with Gasteiger partial charge in [0.15, 0.2) is 5.82 Å². The lowest BCUT2D eigenvalue weighted by atomic mass is 10.0. The number of nitrogens with zero attached hydrogens (tertiary/aromatic N) is 4. The largest absolute Gasteiger partial charge is 0.245 e. The molecular formula is C42H26N4. The second-order valence-corrected chi connectivity index (χ2v) is 11.5. The van der Waals surface area contributed by atoms with Crippen molar-refractivity contribution in [2.24, 2.45) is 0 Å². The second kappa shape index (κ2) is 10.7. The van der Waals surface area contributed by atoms with Crippen molar-refractivity contribution in [3.05, 3.63) is 158 Å². The molecule has 0 aliphatic heterocycles. The van der Waals surface area contributed by atoms with Crippen LogP contribution in [0.1, 0.15) is 0 Å². The van der Waals surface area contributed by atoms with E-state index in [-0.39, 0.29) is 0 Å². The third kappa shape index (κ3) is 4.47. The van der Waals surface area contributed by atoms with Crippen LogP contribution in [-0.4, -0.2) is 19.9 Å². The number of hydrogen-bond acceptors (Lipinski definition) is 4. The molecule has 0 amide bonds. The van der Waals surface area contributed by atoms with Crippen LogP contribution < -0.4 is 0 Å². The van der Waals surface area contributed by atoms with Crippen LogP contribution in [0.15, 0.2) is 158 Å².